The van der Waals surface area contributed by atoms with Gasteiger partial charge in [-0.3, -0.25) is 5.32 Å². The maximum Gasteiger partial charge on any atom is 0.412 e. The highest BCUT2D eigenvalue weighted by molar-refractivity contribution is 5.85. The van der Waals surface area contributed by atoms with Crippen LogP contribution in [0.1, 0.15) is 31.9 Å². The van der Waals surface area contributed by atoms with Crippen LogP contribution in [0.15, 0.2) is 18.2 Å². The number of carbonyl (C=O) groups is 1. The fourth-order valence-electron chi connectivity index (χ4n) is 1.98. The van der Waals surface area contributed by atoms with Crippen molar-refractivity contribution < 1.29 is 9.53 Å². The number of anilines is 1. The number of rotatable bonds is 1. The lowest BCUT2D eigenvalue weighted by Gasteiger charge is -2.21. The first-order valence-electron chi connectivity index (χ1n) is 6.26. The quantitative estimate of drug-likeness (QED) is 0.803. The maximum atomic E-state index is 11.7. The van der Waals surface area contributed by atoms with E-state index >= 15 is 0 Å². The summed E-state index contributed by atoms with van der Waals surface area (Å²) in [5.74, 6) is 0. The van der Waals surface area contributed by atoms with E-state index in [2.05, 4.69) is 10.6 Å². The number of hydrogen-bond acceptors (Lipinski definition) is 3. The molecule has 1 aromatic carbocycles. The Labute approximate surface area is 108 Å². The van der Waals surface area contributed by atoms with Crippen molar-refractivity contribution in [3.8, 4) is 0 Å². The van der Waals surface area contributed by atoms with E-state index in [-0.39, 0.29) is 0 Å². The SMILES string of the molecule is CC(C)(C)OC(=O)Nc1ccc2c(c1)CCNC2. The molecule has 0 aliphatic carbocycles. The molecule has 1 aromatic rings. The molecule has 0 bridgehead atoms. The van der Waals surface area contributed by atoms with E-state index in [1.54, 1.807) is 0 Å². The van der Waals surface area contributed by atoms with Crippen LogP contribution in [0.2, 0.25) is 0 Å². The van der Waals surface area contributed by atoms with Crippen LogP contribution >= 0.6 is 0 Å². The third-order valence-electron chi connectivity index (χ3n) is 2.74. The van der Waals surface area contributed by atoms with Gasteiger partial charge in [-0.25, -0.2) is 4.79 Å². The minimum absolute atomic E-state index is 0.406. The van der Waals surface area contributed by atoms with Gasteiger partial charge in [-0.2, -0.15) is 0 Å². The molecule has 1 aliphatic heterocycles. The van der Waals surface area contributed by atoms with Crippen molar-refractivity contribution in [2.24, 2.45) is 0 Å². The predicted octanol–water partition coefficient (Wildman–Crippen LogP) is 2.68. The van der Waals surface area contributed by atoms with Gasteiger partial charge in [0, 0.05) is 12.2 Å². The van der Waals surface area contributed by atoms with Gasteiger partial charge in [-0.15, -0.1) is 0 Å². The molecular formula is C14H20N2O2. The number of carbonyl (C=O) groups excluding carboxylic acids is 1. The molecule has 4 nitrogen and oxygen atoms in total. The fraction of sp³-hybridized carbons (Fsp3) is 0.500. The average molecular weight is 248 g/mol. The Morgan fingerprint density at radius 2 is 2.11 bits per heavy atom. The van der Waals surface area contributed by atoms with Gasteiger partial charge in [-0.05, 0) is 57.0 Å². The lowest BCUT2D eigenvalue weighted by atomic mass is 10.0. The Kier molecular flexibility index (Phi) is 3.57. The summed E-state index contributed by atoms with van der Waals surface area (Å²) in [6.07, 6.45) is 0.593. The van der Waals surface area contributed by atoms with Gasteiger partial charge < -0.3 is 10.1 Å². The van der Waals surface area contributed by atoms with Crippen LogP contribution in [0.4, 0.5) is 10.5 Å². The lowest BCUT2D eigenvalue weighted by molar-refractivity contribution is 0.0636. The Bertz CT molecular complexity index is 450. The Balaban J connectivity index is 2.04. The number of benzene rings is 1. The van der Waals surface area contributed by atoms with Crippen molar-refractivity contribution in [2.75, 3.05) is 11.9 Å². The lowest BCUT2D eigenvalue weighted by Crippen LogP contribution is -2.27. The second-order valence-corrected chi connectivity index (χ2v) is 5.54. The molecule has 1 amide bonds. The first kappa shape index (κ1) is 12.9. The zero-order valence-corrected chi connectivity index (χ0v) is 11.2. The molecule has 1 aliphatic rings. The van der Waals surface area contributed by atoms with E-state index in [9.17, 15) is 4.79 Å². The van der Waals surface area contributed by atoms with Gasteiger partial charge in [-0.1, -0.05) is 6.07 Å². The summed E-state index contributed by atoms with van der Waals surface area (Å²) in [7, 11) is 0. The van der Waals surface area contributed by atoms with Gasteiger partial charge in [0.05, 0.1) is 0 Å². The van der Waals surface area contributed by atoms with Gasteiger partial charge in [0.1, 0.15) is 5.60 Å². The molecule has 1 heterocycles. The summed E-state index contributed by atoms with van der Waals surface area (Å²) < 4.78 is 5.22. The molecule has 2 rings (SSSR count). The topological polar surface area (TPSA) is 50.4 Å². The fourth-order valence-corrected chi connectivity index (χ4v) is 1.98. The second-order valence-electron chi connectivity index (χ2n) is 5.54. The molecule has 4 heteroatoms. The summed E-state index contributed by atoms with van der Waals surface area (Å²) in [5, 5.41) is 6.09. The first-order chi connectivity index (χ1) is 8.44. The molecular weight excluding hydrogens is 228 g/mol. The minimum atomic E-state index is -0.470. The molecule has 0 radical (unpaired) electrons. The van der Waals surface area contributed by atoms with Crippen LogP contribution in [-0.2, 0) is 17.7 Å². The molecule has 0 saturated carbocycles. The summed E-state index contributed by atoms with van der Waals surface area (Å²) >= 11 is 0. The highest BCUT2D eigenvalue weighted by atomic mass is 16.6. The van der Waals surface area contributed by atoms with E-state index in [1.165, 1.54) is 11.1 Å². The molecule has 0 spiro atoms. The summed E-state index contributed by atoms with van der Waals surface area (Å²) in [6, 6.07) is 5.99. The van der Waals surface area contributed by atoms with Crippen molar-refractivity contribution in [2.45, 2.75) is 39.3 Å². The summed E-state index contributed by atoms with van der Waals surface area (Å²) in [6.45, 7) is 7.45. The van der Waals surface area contributed by atoms with E-state index in [0.717, 1.165) is 25.2 Å². The van der Waals surface area contributed by atoms with Gasteiger partial charge >= 0.3 is 6.09 Å². The van der Waals surface area contributed by atoms with Crippen molar-refractivity contribution in [1.29, 1.82) is 0 Å². The summed E-state index contributed by atoms with van der Waals surface area (Å²) in [5.41, 5.74) is 2.92. The van der Waals surface area contributed by atoms with E-state index in [0.29, 0.717) is 0 Å². The van der Waals surface area contributed by atoms with Gasteiger partial charge in [0.25, 0.3) is 0 Å². The molecule has 0 saturated heterocycles. The largest absolute Gasteiger partial charge is 0.444 e. The van der Waals surface area contributed by atoms with Crippen LogP contribution in [0.25, 0.3) is 0 Å². The normalized spacial score (nSPS) is 14.8. The zero-order valence-electron chi connectivity index (χ0n) is 11.2. The highest BCUT2D eigenvalue weighted by Crippen LogP contribution is 2.19. The van der Waals surface area contributed by atoms with Crippen molar-refractivity contribution >= 4 is 11.8 Å². The van der Waals surface area contributed by atoms with Crippen LogP contribution in [0.5, 0.6) is 0 Å². The van der Waals surface area contributed by atoms with E-state index in [1.807, 2.05) is 39.0 Å². The Hall–Kier alpha value is -1.55. The van der Waals surface area contributed by atoms with Crippen LogP contribution in [0, 0.1) is 0 Å². The third-order valence-corrected chi connectivity index (χ3v) is 2.74. The molecule has 0 aromatic heterocycles. The Morgan fingerprint density at radius 3 is 2.83 bits per heavy atom. The van der Waals surface area contributed by atoms with E-state index < -0.39 is 11.7 Å². The van der Waals surface area contributed by atoms with E-state index in [4.69, 9.17) is 4.74 Å². The molecule has 98 valence electrons. The minimum Gasteiger partial charge on any atom is -0.444 e. The number of amides is 1. The molecule has 0 fully saturated rings. The first-order valence-corrected chi connectivity index (χ1v) is 6.26. The second kappa shape index (κ2) is 4.98. The standard InChI is InChI=1S/C14H20N2O2/c1-14(2,3)18-13(17)16-12-5-4-11-9-15-7-6-10(11)8-12/h4-5,8,15H,6-7,9H2,1-3H3,(H,16,17). The number of nitrogens with one attached hydrogen (secondary N) is 2. The predicted molar refractivity (Wildman–Crippen MR) is 71.7 cm³/mol. The Morgan fingerprint density at radius 1 is 1.33 bits per heavy atom. The van der Waals surface area contributed by atoms with Gasteiger partial charge in [0.2, 0.25) is 0 Å². The van der Waals surface area contributed by atoms with Gasteiger partial charge in [0.15, 0.2) is 0 Å². The van der Waals surface area contributed by atoms with Crippen molar-refractivity contribution in [1.82, 2.24) is 5.32 Å². The van der Waals surface area contributed by atoms with Crippen LogP contribution in [-0.4, -0.2) is 18.2 Å². The average Bonchev–Trinajstić information content (AvgIpc) is 2.26. The number of hydrogen-bond donors (Lipinski definition) is 2. The number of fused-ring (bicyclic) bond motifs is 1. The molecule has 0 atom stereocenters. The molecule has 18 heavy (non-hydrogen) atoms. The molecule has 0 unspecified atom stereocenters. The van der Waals surface area contributed by atoms with Crippen molar-refractivity contribution in [3.63, 3.8) is 0 Å². The molecule has 2 N–H and O–H groups in total. The van der Waals surface area contributed by atoms with Crippen LogP contribution < -0.4 is 10.6 Å². The highest BCUT2D eigenvalue weighted by Gasteiger charge is 2.16. The third kappa shape index (κ3) is 3.47. The number of ether oxygens (including phenoxy) is 1. The maximum absolute atomic E-state index is 11.7. The smallest absolute Gasteiger partial charge is 0.412 e. The summed E-state index contributed by atoms with van der Waals surface area (Å²) in [4.78, 5) is 11.7. The van der Waals surface area contributed by atoms with Crippen LogP contribution in [0.3, 0.4) is 0 Å². The monoisotopic (exact) mass is 248 g/mol. The zero-order chi connectivity index (χ0) is 13.2. The van der Waals surface area contributed by atoms with Crippen molar-refractivity contribution in [3.05, 3.63) is 29.3 Å².